The molecule has 5 rings (SSSR count). The van der Waals surface area contributed by atoms with Crippen LogP contribution in [0.5, 0.6) is 0 Å². The smallest absolute Gasteiger partial charge is 0.224 e. The summed E-state index contributed by atoms with van der Waals surface area (Å²) in [6.07, 6.45) is 10.1. The van der Waals surface area contributed by atoms with Gasteiger partial charge in [-0.2, -0.15) is 10.1 Å². The summed E-state index contributed by atoms with van der Waals surface area (Å²) in [5.74, 6) is 0.551. The Hall–Kier alpha value is -3.00. The van der Waals surface area contributed by atoms with E-state index in [1.807, 2.05) is 24.5 Å². The molecule has 1 aliphatic rings. The quantitative estimate of drug-likeness (QED) is 0.577. The molecule has 27 heavy (non-hydrogen) atoms. The maximum Gasteiger partial charge on any atom is 0.224 e. The summed E-state index contributed by atoms with van der Waals surface area (Å²) in [5, 5.41) is 8.43. The molecule has 4 heterocycles. The van der Waals surface area contributed by atoms with Crippen LogP contribution in [0, 0.1) is 0 Å². The van der Waals surface area contributed by atoms with E-state index in [1.54, 1.807) is 16.9 Å². The van der Waals surface area contributed by atoms with Crippen LogP contribution in [-0.2, 0) is 4.74 Å². The third-order valence-electron chi connectivity index (χ3n) is 5.14. The fourth-order valence-corrected chi connectivity index (χ4v) is 3.66. The molecule has 0 aromatic carbocycles. The highest BCUT2D eigenvalue weighted by atomic mass is 16.5. The fraction of sp³-hybridized carbons (Fsp3) is 0.368. The Morgan fingerprint density at radius 2 is 2.19 bits per heavy atom. The Labute approximate surface area is 160 Å². The monoisotopic (exact) mass is 366 g/mol. The number of hydrogen-bond acceptors (Lipinski definition) is 6. The number of rotatable bonds is 4. The highest BCUT2D eigenvalue weighted by Crippen LogP contribution is 2.27. The van der Waals surface area contributed by atoms with E-state index in [0.29, 0.717) is 18.8 Å². The van der Waals surface area contributed by atoms with Crippen LogP contribution in [0.2, 0.25) is 0 Å². The van der Waals surface area contributed by atoms with Crippen molar-refractivity contribution >= 4 is 22.6 Å². The average molecular weight is 366 g/mol. The molecule has 0 bridgehead atoms. The predicted octanol–water partition coefficient (Wildman–Crippen LogP) is 3.04. The molecule has 138 valence electrons. The van der Waals surface area contributed by atoms with Crippen LogP contribution in [0.3, 0.4) is 0 Å². The van der Waals surface area contributed by atoms with Gasteiger partial charge in [0.2, 0.25) is 5.95 Å². The minimum Gasteiger partial charge on any atom is -0.381 e. The van der Waals surface area contributed by atoms with Crippen molar-refractivity contribution in [2.75, 3.05) is 12.4 Å². The lowest BCUT2D eigenvalue weighted by Crippen LogP contribution is -2.29. The van der Waals surface area contributed by atoms with Crippen LogP contribution in [-0.4, -0.2) is 48.7 Å². The first kappa shape index (κ1) is 13.2. The predicted molar refractivity (Wildman–Crippen MR) is 103 cm³/mol. The summed E-state index contributed by atoms with van der Waals surface area (Å²) in [4.78, 5) is 16.9. The normalized spacial score (nSPS) is 22.4. The van der Waals surface area contributed by atoms with Gasteiger partial charge in [0, 0.05) is 48.7 Å². The van der Waals surface area contributed by atoms with Gasteiger partial charge in [0.15, 0.2) is 5.65 Å². The largest absolute Gasteiger partial charge is 0.381 e. The highest BCUT2D eigenvalue weighted by molar-refractivity contribution is 5.92. The van der Waals surface area contributed by atoms with E-state index >= 15 is 0 Å². The molecule has 0 amide bonds. The first-order chi connectivity index (χ1) is 14.4. The van der Waals surface area contributed by atoms with Gasteiger partial charge in [-0.1, -0.05) is 0 Å². The lowest BCUT2D eigenvalue weighted by Gasteiger charge is -2.28. The van der Waals surface area contributed by atoms with E-state index in [9.17, 15) is 0 Å². The number of methoxy groups -OCH3 is 1. The lowest BCUT2D eigenvalue weighted by molar-refractivity contribution is 0.0681. The van der Waals surface area contributed by atoms with Crippen LogP contribution in [0.15, 0.2) is 36.9 Å². The molecule has 0 atom stereocenters. The van der Waals surface area contributed by atoms with E-state index in [-0.39, 0.29) is 12.1 Å². The highest BCUT2D eigenvalue weighted by Gasteiger charge is 2.21. The zero-order valence-electron chi connectivity index (χ0n) is 17.6. The van der Waals surface area contributed by atoms with Gasteiger partial charge in [-0.25, -0.2) is 14.5 Å². The molecule has 1 fully saturated rings. The topological polar surface area (TPSA) is 93.0 Å². The third-order valence-corrected chi connectivity index (χ3v) is 5.14. The lowest BCUT2D eigenvalue weighted by atomic mass is 9.93. The second kappa shape index (κ2) is 6.62. The van der Waals surface area contributed by atoms with Crippen molar-refractivity contribution in [2.45, 2.75) is 37.8 Å². The van der Waals surface area contributed by atoms with E-state index in [2.05, 4.69) is 30.4 Å². The second-order valence-corrected chi connectivity index (χ2v) is 6.84. The van der Waals surface area contributed by atoms with Gasteiger partial charge in [0.05, 0.1) is 22.1 Å². The van der Waals surface area contributed by atoms with Crippen LogP contribution >= 0.6 is 0 Å². The summed E-state index contributed by atoms with van der Waals surface area (Å²) < 4.78 is 28.5. The van der Waals surface area contributed by atoms with Crippen LogP contribution in [0.4, 0.5) is 5.95 Å². The van der Waals surface area contributed by atoms with Crippen molar-refractivity contribution in [3.63, 3.8) is 0 Å². The minimum atomic E-state index is -2.33. The fourth-order valence-electron chi connectivity index (χ4n) is 3.66. The minimum absolute atomic E-state index is 0.194. The molecule has 0 saturated heterocycles. The molecule has 4 aromatic rings. The Bertz CT molecular complexity index is 1180. The molecule has 0 spiro atoms. The molecule has 0 unspecified atom stereocenters. The molecule has 0 aliphatic heterocycles. The van der Waals surface area contributed by atoms with Gasteiger partial charge in [0.1, 0.15) is 5.65 Å². The van der Waals surface area contributed by atoms with Gasteiger partial charge < -0.3 is 15.0 Å². The van der Waals surface area contributed by atoms with Crippen molar-refractivity contribution in [2.24, 2.45) is 0 Å². The maximum atomic E-state index is 7.23. The SMILES string of the molecule is [2H]C([2H])([2H])OC1CCC(Nc2ncc3c(-c4ccn5nccc5n4)c[nH]c3n2)CC1. The number of nitrogens with zero attached hydrogens (tertiary/aromatic N) is 5. The summed E-state index contributed by atoms with van der Waals surface area (Å²) in [6.45, 7) is 0. The number of hydrogen-bond donors (Lipinski definition) is 2. The standard InChI is InChI=1S/C19H21N7O/c1-27-13-4-2-12(3-5-13)23-19-21-11-15-14(10-20-18(15)25-19)16-7-9-26-17(24-16)6-8-22-26/h6-13H,2-5H2,1H3,(H2,20,21,23,25)/i1D3. The number of aromatic nitrogens is 6. The Balaban J connectivity index is 1.29. The summed E-state index contributed by atoms with van der Waals surface area (Å²) in [7, 11) is -2.33. The maximum absolute atomic E-state index is 7.23. The van der Waals surface area contributed by atoms with Gasteiger partial charge in [-0.05, 0) is 31.7 Å². The zero-order valence-corrected chi connectivity index (χ0v) is 14.6. The van der Waals surface area contributed by atoms with E-state index in [4.69, 9.17) is 8.85 Å². The van der Waals surface area contributed by atoms with Crippen molar-refractivity contribution in [3.8, 4) is 11.3 Å². The van der Waals surface area contributed by atoms with Gasteiger partial charge in [0.25, 0.3) is 0 Å². The van der Waals surface area contributed by atoms with Crippen molar-refractivity contribution in [1.82, 2.24) is 29.5 Å². The van der Waals surface area contributed by atoms with Crippen molar-refractivity contribution in [1.29, 1.82) is 0 Å². The Morgan fingerprint density at radius 1 is 1.26 bits per heavy atom. The third kappa shape index (κ3) is 3.02. The number of ether oxygens (including phenoxy) is 1. The first-order valence-electron chi connectivity index (χ1n) is 10.5. The van der Waals surface area contributed by atoms with Crippen LogP contribution < -0.4 is 5.32 Å². The van der Waals surface area contributed by atoms with E-state index < -0.39 is 7.04 Å². The summed E-state index contributed by atoms with van der Waals surface area (Å²) >= 11 is 0. The number of nitrogens with one attached hydrogen (secondary N) is 2. The zero-order chi connectivity index (χ0) is 20.7. The Kier molecular flexibility index (Phi) is 3.24. The molecule has 8 nitrogen and oxygen atoms in total. The number of H-pyrrole nitrogens is 1. The number of aromatic amines is 1. The second-order valence-electron chi connectivity index (χ2n) is 6.84. The molecule has 8 heteroatoms. The van der Waals surface area contributed by atoms with Crippen LogP contribution in [0.1, 0.15) is 29.8 Å². The van der Waals surface area contributed by atoms with Gasteiger partial charge >= 0.3 is 0 Å². The molecular formula is C19H21N7O. The average Bonchev–Trinajstić information content (AvgIpc) is 3.34. The molecule has 4 aromatic heterocycles. The van der Waals surface area contributed by atoms with Gasteiger partial charge in [-0.3, -0.25) is 0 Å². The van der Waals surface area contributed by atoms with Crippen molar-refractivity contribution in [3.05, 3.63) is 36.9 Å². The molecule has 0 radical (unpaired) electrons. The van der Waals surface area contributed by atoms with E-state index in [0.717, 1.165) is 40.8 Å². The molecule has 1 saturated carbocycles. The number of anilines is 1. The first-order valence-corrected chi connectivity index (χ1v) is 9.04. The number of fused-ring (bicyclic) bond motifs is 2. The summed E-state index contributed by atoms with van der Waals surface area (Å²) in [6, 6.07) is 3.96. The van der Waals surface area contributed by atoms with E-state index in [1.165, 1.54) is 0 Å². The Morgan fingerprint density at radius 3 is 3.07 bits per heavy atom. The molecular weight excluding hydrogens is 342 g/mol. The van der Waals surface area contributed by atoms with Gasteiger partial charge in [-0.15, -0.1) is 0 Å². The summed E-state index contributed by atoms with van der Waals surface area (Å²) in [5.41, 5.74) is 3.27. The molecule has 2 N–H and O–H groups in total. The van der Waals surface area contributed by atoms with Crippen LogP contribution in [0.25, 0.3) is 27.9 Å². The van der Waals surface area contributed by atoms with Crippen molar-refractivity contribution < 1.29 is 8.85 Å². The molecule has 1 aliphatic carbocycles.